The molecule has 0 saturated carbocycles. The zero-order valence-electron chi connectivity index (χ0n) is 15.7. The van der Waals surface area contributed by atoms with Crippen LogP contribution in [0.15, 0.2) is 4.99 Å². The van der Waals surface area contributed by atoms with Gasteiger partial charge in [-0.25, -0.2) is 0 Å². The number of carbonyl (C=O) groups is 2. The van der Waals surface area contributed by atoms with Crippen LogP contribution in [0.4, 0.5) is 0 Å². The first-order chi connectivity index (χ1) is 10.7. The highest BCUT2D eigenvalue weighted by Crippen LogP contribution is 2.15. The first-order valence-electron chi connectivity index (χ1n) is 8.22. The number of hydrogen-bond acceptors (Lipinski definition) is 3. The number of nitrogens with one attached hydrogen (secondary N) is 2. The molecule has 0 saturated heterocycles. The second-order valence-electron chi connectivity index (χ2n) is 6.06. The quantitative estimate of drug-likeness (QED) is 0.503. The van der Waals surface area contributed by atoms with Crippen molar-refractivity contribution in [1.82, 2.24) is 20.4 Å². The van der Waals surface area contributed by atoms with Gasteiger partial charge < -0.3 is 20.4 Å². The van der Waals surface area contributed by atoms with Crippen LogP contribution in [-0.2, 0) is 9.59 Å². The van der Waals surface area contributed by atoms with Crippen LogP contribution < -0.4 is 10.6 Å². The van der Waals surface area contributed by atoms with Crippen LogP contribution in [0.3, 0.4) is 0 Å². The van der Waals surface area contributed by atoms with Gasteiger partial charge in [0.05, 0.1) is 18.5 Å². The van der Waals surface area contributed by atoms with Crippen molar-refractivity contribution >= 4 is 17.8 Å². The predicted molar refractivity (Wildman–Crippen MR) is 94.4 cm³/mol. The zero-order chi connectivity index (χ0) is 18.0. The molecule has 7 heteroatoms. The monoisotopic (exact) mass is 327 g/mol. The zero-order valence-corrected chi connectivity index (χ0v) is 15.7. The average molecular weight is 327 g/mol. The molecule has 23 heavy (non-hydrogen) atoms. The fraction of sp³-hybridized carbons (Fsp3) is 0.812. The van der Waals surface area contributed by atoms with Gasteiger partial charge in [-0.1, -0.05) is 0 Å². The highest BCUT2D eigenvalue weighted by Gasteiger charge is 2.26. The van der Waals surface area contributed by atoms with E-state index in [1.165, 1.54) is 0 Å². The van der Waals surface area contributed by atoms with Crippen molar-refractivity contribution in [2.45, 2.75) is 34.6 Å². The molecule has 2 amide bonds. The van der Waals surface area contributed by atoms with Crippen LogP contribution in [0.5, 0.6) is 0 Å². The van der Waals surface area contributed by atoms with Gasteiger partial charge in [0.2, 0.25) is 11.8 Å². The Balaban J connectivity index is 4.98. The standard InChI is InChI=1S/C16H33N5O2/c1-8-18-15(19-12-16(4,5)14(23)17-6)20(7)11-13(22)21(9-2)10-3/h8-12H2,1-7H3,(H,17,23)(H,18,19). The number of hydrogen-bond donors (Lipinski definition) is 2. The van der Waals surface area contributed by atoms with Gasteiger partial charge in [-0.3, -0.25) is 14.6 Å². The molecule has 0 aromatic heterocycles. The van der Waals surface area contributed by atoms with Gasteiger partial charge in [0, 0.05) is 33.7 Å². The smallest absolute Gasteiger partial charge is 0.242 e. The van der Waals surface area contributed by atoms with Gasteiger partial charge in [-0.2, -0.15) is 0 Å². The maximum absolute atomic E-state index is 12.2. The third-order valence-electron chi connectivity index (χ3n) is 3.65. The summed E-state index contributed by atoms with van der Waals surface area (Å²) in [5, 5.41) is 5.82. The summed E-state index contributed by atoms with van der Waals surface area (Å²) in [6.45, 7) is 12.3. The molecule has 0 fully saturated rings. The van der Waals surface area contributed by atoms with E-state index in [9.17, 15) is 9.59 Å². The van der Waals surface area contributed by atoms with Crippen molar-refractivity contribution in [2.24, 2.45) is 10.4 Å². The summed E-state index contributed by atoms with van der Waals surface area (Å²) < 4.78 is 0. The summed E-state index contributed by atoms with van der Waals surface area (Å²) >= 11 is 0. The van der Waals surface area contributed by atoms with Crippen molar-refractivity contribution in [1.29, 1.82) is 0 Å². The number of nitrogens with zero attached hydrogens (tertiary/aromatic N) is 3. The second kappa shape index (κ2) is 10.1. The van der Waals surface area contributed by atoms with Gasteiger partial charge in [0.1, 0.15) is 0 Å². The number of guanidine groups is 1. The van der Waals surface area contributed by atoms with Crippen LogP contribution in [-0.4, -0.2) is 74.4 Å². The molecule has 0 heterocycles. The predicted octanol–water partition coefficient (Wildman–Crippen LogP) is 0.524. The summed E-state index contributed by atoms with van der Waals surface area (Å²) in [5.41, 5.74) is -0.598. The van der Waals surface area contributed by atoms with E-state index in [0.29, 0.717) is 32.1 Å². The maximum Gasteiger partial charge on any atom is 0.242 e. The van der Waals surface area contributed by atoms with Crippen molar-refractivity contribution < 1.29 is 9.59 Å². The van der Waals surface area contributed by atoms with Gasteiger partial charge in [-0.05, 0) is 34.6 Å². The normalized spacial score (nSPS) is 11.9. The molecule has 134 valence electrons. The third-order valence-corrected chi connectivity index (χ3v) is 3.65. The summed E-state index contributed by atoms with van der Waals surface area (Å²) in [6.07, 6.45) is 0. The molecule has 0 spiro atoms. The number of likely N-dealkylation sites (N-methyl/N-ethyl adjacent to an activating group) is 2. The molecule has 0 atom stereocenters. The number of aliphatic imine (C=N–C) groups is 1. The molecule has 0 rings (SSSR count). The molecule has 0 radical (unpaired) electrons. The van der Waals surface area contributed by atoms with E-state index < -0.39 is 5.41 Å². The molecular formula is C16H33N5O2. The first-order valence-corrected chi connectivity index (χ1v) is 8.22. The van der Waals surface area contributed by atoms with Gasteiger partial charge >= 0.3 is 0 Å². The molecule has 0 bridgehead atoms. The summed E-state index contributed by atoms with van der Waals surface area (Å²) in [7, 11) is 3.45. The fourth-order valence-electron chi connectivity index (χ4n) is 2.11. The highest BCUT2D eigenvalue weighted by atomic mass is 16.2. The van der Waals surface area contributed by atoms with E-state index in [0.717, 1.165) is 0 Å². The largest absolute Gasteiger partial charge is 0.359 e. The lowest BCUT2D eigenvalue weighted by molar-refractivity contribution is -0.131. The van der Waals surface area contributed by atoms with Crippen LogP contribution in [0, 0.1) is 5.41 Å². The van der Waals surface area contributed by atoms with Gasteiger partial charge in [0.25, 0.3) is 0 Å². The molecular weight excluding hydrogens is 294 g/mol. The molecule has 2 N–H and O–H groups in total. The Labute approximate surface area is 140 Å². The molecule has 0 aliphatic carbocycles. The molecule has 0 unspecified atom stereocenters. The molecule has 0 aromatic rings. The third kappa shape index (κ3) is 6.88. The minimum absolute atomic E-state index is 0.0565. The van der Waals surface area contributed by atoms with Crippen LogP contribution >= 0.6 is 0 Å². The Hall–Kier alpha value is -1.79. The lowest BCUT2D eigenvalue weighted by atomic mass is 9.93. The van der Waals surface area contributed by atoms with Gasteiger partial charge in [0.15, 0.2) is 5.96 Å². The van der Waals surface area contributed by atoms with E-state index in [1.807, 2.05) is 41.7 Å². The Morgan fingerprint density at radius 2 is 1.70 bits per heavy atom. The second-order valence-corrected chi connectivity index (χ2v) is 6.06. The first kappa shape index (κ1) is 21.2. The van der Waals surface area contributed by atoms with E-state index in [-0.39, 0.29) is 18.4 Å². The molecule has 0 aromatic carbocycles. The Morgan fingerprint density at radius 1 is 1.13 bits per heavy atom. The minimum atomic E-state index is -0.598. The van der Waals surface area contributed by atoms with E-state index >= 15 is 0 Å². The van der Waals surface area contributed by atoms with Gasteiger partial charge in [-0.15, -0.1) is 0 Å². The summed E-state index contributed by atoms with van der Waals surface area (Å²) in [4.78, 5) is 32.2. The molecule has 7 nitrogen and oxygen atoms in total. The highest BCUT2D eigenvalue weighted by molar-refractivity contribution is 5.87. The van der Waals surface area contributed by atoms with Crippen LogP contribution in [0.25, 0.3) is 0 Å². The van der Waals surface area contributed by atoms with E-state index in [2.05, 4.69) is 15.6 Å². The maximum atomic E-state index is 12.2. The average Bonchev–Trinajstić information content (AvgIpc) is 2.51. The Kier molecular flexibility index (Phi) is 9.29. The number of amides is 2. The van der Waals surface area contributed by atoms with Crippen molar-refractivity contribution in [3.8, 4) is 0 Å². The lowest BCUT2D eigenvalue weighted by Crippen LogP contribution is -2.46. The minimum Gasteiger partial charge on any atom is -0.359 e. The van der Waals surface area contributed by atoms with Crippen LogP contribution in [0.2, 0.25) is 0 Å². The van der Waals surface area contributed by atoms with Crippen molar-refractivity contribution in [3.05, 3.63) is 0 Å². The fourth-order valence-corrected chi connectivity index (χ4v) is 2.11. The molecule has 0 aliphatic rings. The lowest BCUT2D eigenvalue weighted by Gasteiger charge is -2.27. The van der Waals surface area contributed by atoms with Crippen molar-refractivity contribution in [3.63, 3.8) is 0 Å². The number of carbonyl (C=O) groups excluding carboxylic acids is 2. The summed E-state index contributed by atoms with van der Waals surface area (Å²) in [5.74, 6) is 0.637. The van der Waals surface area contributed by atoms with E-state index in [4.69, 9.17) is 0 Å². The Bertz CT molecular complexity index is 417. The van der Waals surface area contributed by atoms with Crippen molar-refractivity contribution in [2.75, 3.05) is 46.8 Å². The number of rotatable bonds is 8. The molecule has 0 aliphatic heterocycles. The topological polar surface area (TPSA) is 77.0 Å². The Morgan fingerprint density at radius 3 is 2.13 bits per heavy atom. The SMILES string of the molecule is CCNC(=NCC(C)(C)C(=O)NC)N(C)CC(=O)N(CC)CC. The summed E-state index contributed by atoms with van der Waals surface area (Å²) in [6, 6.07) is 0. The van der Waals surface area contributed by atoms with Crippen LogP contribution in [0.1, 0.15) is 34.6 Å². The van der Waals surface area contributed by atoms with E-state index in [1.54, 1.807) is 16.8 Å².